The standard InChI is InChI=1S/C20H18FNO/c21-16-10-11-18-17(12-16)19(20(23)22-18)15-8-6-14(7-9-15)13-4-2-1-3-5-13/h1-5,10-12,14-15H,6-9H2. The molecule has 23 heavy (non-hydrogen) atoms. The van der Waals surface area contributed by atoms with Gasteiger partial charge in [-0.15, -0.1) is 0 Å². The van der Waals surface area contributed by atoms with Crippen molar-refractivity contribution in [1.29, 1.82) is 0 Å². The van der Waals surface area contributed by atoms with E-state index in [4.69, 9.17) is 0 Å². The lowest BCUT2D eigenvalue weighted by Gasteiger charge is -2.29. The molecule has 2 aromatic carbocycles. The molecular formula is C20H18FNO. The predicted octanol–water partition coefficient (Wildman–Crippen LogP) is 3.11. The molecule has 2 nitrogen and oxygen atoms in total. The van der Waals surface area contributed by atoms with E-state index < -0.39 is 0 Å². The summed E-state index contributed by atoms with van der Waals surface area (Å²) in [4.78, 5) is 16.4. The first-order valence-electron chi connectivity index (χ1n) is 8.20. The number of rotatable bonds is 2. The van der Waals surface area contributed by atoms with Crippen molar-refractivity contribution in [3.63, 3.8) is 0 Å². The highest BCUT2D eigenvalue weighted by atomic mass is 19.1. The second-order valence-corrected chi connectivity index (χ2v) is 6.45. The summed E-state index contributed by atoms with van der Waals surface area (Å²) in [6, 6.07) is 15.0. The predicted molar refractivity (Wildman–Crippen MR) is 86.7 cm³/mol. The Bertz CT molecular complexity index is 864. The van der Waals surface area contributed by atoms with Gasteiger partial charge >= 0.3 is 0 Å². The van der Waals surface area contributed by atoms with Crippen molar-refractivity contribution in [3.8, 4) is 0 Å². The molecule has 1 amide bonds. The summed E-state index contributed by atoms with van der Waals surface area (Å²) in [6.07, 6.45) is 4.06. The minimum atomic E-state index is -0.302. The van der Waals surface area contributed by atoms with Crippen LogP contribution in [-0.4, -0.2) is 5.91 Å². The number of hydrogen-bond donors (Lipinski definition) is 0. The lowest BCUT2D eigenvalue weighted by Crippen LogP contribution is -2.27. The number of amides is 1. The maximum Gasteiger partial charge on any atom is 0.274 e. The normalized spacial score (nSPS) is 23.5. The zero-order valence-electron chi connectivity index (χ0n) is 12.8. The fourth-order valence-electron chi connectivity index (χ4n) is 3.94. The van der Waals surface area contributed by atoms with Gasteiger partial charge < -0.3 is 0 Å². The van der Waals surface area contributed by atoms with Crippen LogP contribution in [0.1, 0.15) is 37.2 Å². The van der Waals surface area contributed by atoms with Gasteiger partial charge in [0.25, 0.3) is 5.91 Å². The van der Waals surface area contributed by atoms with Crippen LogP contribution in [0.3, 0.4) is 0 Å². The lowest BCUT2D eigenvalue weighted by molar-refractivity contribution is -0.113. The molecule has 3 heteroatoms. The van der Waals surface area contributed by atoms with Gasteiger partial charge in [-0.2, -0.15) is 0 Å². The Kier molecular flexibility index (Phi) is 3.56. The van der Waals surface area contributed by atoms with E-state index in [9.17, 15) is 9.18 Å². The van der Waals surface area contributed by atoms with Crippen LogP contribution < -0.4 is 10.6 Å². The Morgan fingerprint density at radius 2 is 1.61 bits per heavy atom. The third-order valence-electron chi connectivity index (χ3n) is 5.11. The van der Waals surface area contributed by atoms with E-state index in [1.54, 1.807) is 6.07 Å². The molecule has 1 fully saturated rings. The Morgan fingerprint density at radius 3 is 2.35 bits per heavy atom. The summed E-state index contributed by atoms with van der Waals surface area (Å²) in [5.74, 6) is 0.292. The molecule has 1 aliphatic heterocycles. The second-order valence-electron chi connectivity index (χ2n) is 6.45. The van der Waals surface area contributed by atoms with Crippen molar-refractivity contribution in [1.82, 2.24) is 0 Å². The van der Waals surface area contributed by atoms with Crippen LogP contribution >= 0.6 is 0 Å². The first-order chi connectivity index (χ1) is 11.2. The number of halogens is 1. The molecule has 116 valence electrons. The molecule has 0 radical (unpaired) electrons. The van der Waals surface area contributed by atoms with E-state index in [1.165, 1.54) is 17.7 Å². The third kappa shape index (κ3) is 2.61. The molecule has 4 rings (SSSR count). The Morgan fingerprint density at radius 1 is 0.913 bits per heavy atom. The van der Waals surface area contributed by atoms with E-state index in [-0.39, 0.29) is 17.6 Å². The highest BCUT2D eigenvalue weighted by Crippen LogP contribution is 2.39. The van der Waals surface area contributed by atoms with Crippen molar-refractivity contribution in [2.45, 2.75) is 31.6 Å². The SMILES string of the molecule is O=C1N=c2ccc(F)cc2=C1C1CCC(c2ccccc2)CC1. The maximum atomic E-state index is 13.5. The van der Waals surface area contributed by atoms with Crippen LogP contribution in [0, 0.1) is 11.7 Å². The summed E-state index contributed by atoms with van der Waals surface area (Å²) >= 11 is 0. The zero-order valence-corrected chi connectivity index (χ0v) is 12.8. The molecule has 0 atom stereocenters. The molecule has 2 aromatic rings. The molecule has 0 unspecified atom stereocenters. The van der Waals surface area contributed by atoms with E-state index in [0.29, 0.717) is 16.5 Å². The highest BCUT2D eigenvalue weighted by Gasteiger charge is 2.30. The lowest BCUT2D eigenvalue weighted by atomic mass is 9.75. The molecule has 1 aliphatic carbocycles. The maximum absolute atomic E-state index is 13.5. The number of benzene rings is 2. The van der Waals surface area contributed by atoms with Gasteiger partial charge in [-0.25, -0.2) is 9.38 Å². The van der Waals surface area contributed by atoms with Crippen LogP contribution in [0.2, 0.25) is 0 Å². The van der Waals surface area contributed by atoms with Crippen LogP contribution in [0.15, 0.2) is 53.5 Å². The zero-order chi connectivity index (χ0) is 15.8. The van der Waals surface area contributed by atoms with Crippen molar-refractivity contribution < 1.29 is 9.18 Å². The van der Waals surface area contributed by atoms with Gasteiger partial charge in [0.1, 0.15) is 5.82 Å². The fraction of sp³-hybridized carbons (Fsp3) is 0.300. The minimum absolute atomic E-state index is 0.172. The molecule has 0 saturated heterocycles. The van der Waals surface area contributed by atoms with Crippen LogP contribution in [0.5, 0.6) is 0 Å². The number of nitrogens with zero attached hydrogens (tertiary/aromatic N) is 1. The molecule has 0 bridgehead atoms. The van der Waals surface area contributed by atoms with Gasteiger partial charge in [0.15, 0.2) is 0 Å². The van der Waals surface area contributed by atoms with Gasteiger partial charge in [-0.3, -0.25) is 4.79 Å². The minimum Gasteiger partial charge on any atom is -0.267 e. The first kappa shape index (κ1) is 14.3. The van der Waals surface area contributed by atoms with Gasteiger partial charge in [-0.1, -0.05) is 30.3 Å². The summed E-state index contributed by atoms with van der Waals surface area (Å²) < 4.78 is 13.5. The van der Waals surface area contributed by atoms with E-state index in [0.717, 1.165) is 31.3 Å². The van der Waals surface area contributed by atoms with Crippen molar-refractivity contribution in [2.75, 3.05) is 0 Å². The summed E-state index contributed by atoms with van der Waals surface area (Å²) in [6.45, 7) is 0. The Balaban J connectivity index is 1.61. The monoisotopic (exact) mass is 307 g/mol. The van der Waals surface area contributed by atoms with E-state index in [2.05, 4.69) is 29.3 Å². The van der Waals surface area contributed by atoms with Crippen LogP contribution in [0.4, 0.5) is 4.39 Å². The highest BCUT2D eigenvalue weighted by molar-refractivity contribution is 6.15. The largest absolute Gasteiger partial charge is 0.274 e. The van der Waals surface area contributed by atoms with E-state index >= 15 is 0 Å². The summed E-state index contributed by atoms with van der Waals surface area (Å²) in [7, 11) is 0. The quantitative estimate of drug-likeness (QED) is 0.838. The van der Waals surface area contributed by atoms with Crippen LogP contribution in [0.25, 0.3) is 5.57 Å². The molecule has 0 N–H and O–H groups in total. The number of carbonyl (C=O) groups excluding carboxylic acids is 1. The van der Waals surface area contributed by atoms with Crippen LogP contribution in [-0.2, 0) is 4.79 Å². The molecule has 0 aromatic heterocycles. The number of hydrogen-bond acceptors (Lipinski definition) is 1. The van der Waals surface area contributed by atoms with Crippen molar-refractivity contribution >= 4 is 11.5 Å². The smallest absolute Gasteiger partial charge is 0.267 e. The van der Waals surface area contributed by atoms with E-state index in [1.807, 2.05) is 6.07 Å². The average Bonchev–Trinajstić information content (AvgIpc) is 2.91. The average molecular weight is 307 g/mol. The molecular weight excluding hydrogens is 289 g/mol. The number of carbonyl (C=O) groups is 1. The van der Waals surface area contributed by atoms with Crippen molar-refractivity contribution in [3.05, 3.63) is 70.5 Å². The Hall–Kier alpha value is -2.29. The van der Waals surface area contributed by atoms with Gasteiger partial charge in [0.05, 0.1) is 5.36 Å². The molecule has 1 heterocycles. The van der Waals surface area contributed by atoms with Gasteiger partial charge in [-0.05, 0) is 61.3 Å². The summed E-state index contributed by atoms with van der Waals surface area (Å²) in [5.41, 5.74) is 2.11. The fourth-order valence-corrected chi connectivity index (χ4v) is 3.94. The molecule has 0 spiro atoms. The third-order valence-corrected chi connectivity index (χ3v) is 5.11. The van der Waals surface area contributed by atoms with Crippen molar-refractivity contribution in [2.24, 2.45) is 10.9 Å². The summed E-state index contributed by atoms with van der Waals surface area (Å²) in [5, 5.41) is 1.33. The molecule has 2 aliphatic rings. The first-order valence-corrected chi connectivity index (χ1v) is 8.20. The Labute approximate surface area is 134 Å². The molecule has 1 saturated carbocycles. The van der Waals surface area contributed by atoms with Gasteiger partial charge in [0.2, 0.25) is 0 Å². The topological polar surface area (TPSA) is 29.4 Å². The number of fused-ring (bicyclic) bond motifs is 1. The second kappa shape index (κ2) is 5.73. The van der Waals surface area contributed by atoms with Gasteiger partial charge in [0, 0.05) is 10.8 Å².